The van der Waals surface area contributed by atoms with E-state index in [9.17, 15) is 9.59 Å². The van der Waals surface area contributed by atoms with Gasteiger partial charge in [-0.05, 0) is 42.8 Å². The van der Waals surface area contributed by atoms with E-state index in [0.29, 0.717) is 30.2 Å². The van der Waals surface area contributed by atoms with Crippen molar-refractivity contribution in [3.05, 3.63) is 90.0 Å². The van der Waals surface area contributed by atoms with Crippen molar-refractivity contribution in [3.63, 3.8) is 0 Å². The van der Waals surface area contributed by atoms with Crippen LogP contribution in [0, 0.1) is 0 Å². The first-order chi connectivity index (χ1) is 15.1. The molecule has 0 heterocycles. The molecule has 6 nitrogen and oxygen atoms in total. The fraction of sp³-hybridized carbons (Fsp3) is 0.200. The van der Waals surface area contributed by atoms with Crippen molar-refractivity contribution < 1.29 is 14.3 Å². The van der Waals surface area contributed by atoms with Crippen molar-refractivity contribution in [2.75, 3.05) is 30.8 Å². The minimum Gasteiger partial charge on any atom is -0.492 e. The summed E-state index contributed by atoms with van der Waals surface area (Å²) in [6.07, 6.45) is 0. The Kier molecular flexibility index (Phi) is 7.65. The van der Waals surface area contributed by atoms with Gasteiger partial charge in [-0.15, -0.1) is 0 Å². The number of rotatable bonds is 9. The van der Waals surface area contributed by atoms with E-state index in [4.69, 9.17) is 4.74 Å². The number of amides is 2. The van der Waals surface area contributed by atoms with Crippen molar-refractivity contribution in [1.82, 2.24) is 4.90 Å². The smallest absolute Gasteiger partial charge is 0.253 e. The Hall–Kier alpha value is -3.80. The highest BCUT2D eigenvalue weighted by molar-refractivity contribution is 5.98. The zero-order chi connectivity index (χ0) is 22.1. The number of para-hydroxylation sites is 2. The number of hydrogen-bond acceptors (Lipinski definition) is 4. The van der Waals surface area contributed by atoms with Crippen LogP contribution in [0.4, 0.5) is 11.4 Å². The van der Waals surface area contributed by atoms with E-state index in [0.717, 1.165) is 11.3 Å². The fourth-order valence-electron chi connectivity index (χ4n) is 3.15. The van der Waals surface area contributed by atoms with Crippen LogP contribution in [0.3, 0.4) is 0 Å². The maximum atomic E-state index is 12.8. The lowest BCUT2D eigenvalue weighted by Gasteiger charge is -2.18. The number of carbonyl (C=O) groups excluding carboxylic acids is 2. The number of nitrogens with one attached hydrogen (secondary N) is 2. The minimum atomic E-state index is -0.214. The Morgan fingerprint density at radius 1 is 0.935 bits per heavy atom. The third-order valence-electron chi connectivity index (χ3n) is 4.63. The molecule has 0 fully saturated rings. The van der Waals surface area contributed by atoms with E-state index < -0.39 is 0 Å². The molecule has 6 heteroatoms. The van der Waals surface area contributed by atoms with Gasteiger partial charge in [-0.25, -0.2) is 0 Å². The van der Waals surface area contributed by atoms with Gasteiger partial charge in [0.1, 0.15) is 5.75 Å². The predicted octanol–water partition coefficient (Wildman–Crippen LogP) is 4.41. The summed E-state index contributed by atoms with van der Waals surface area (Å²) in [5.41, 5.74) is 2.90. The highest BCUT2D eigenvalue weighted by Crippen LogP contribution is 2.23. The van der Waals surface area contributed by atoms with Gasteiger partial charge in [0.2, 0.25) is 5.91 Å². The molecule has 160 valence electrons. The summed E-state index contributed by atoms with van der Waals surface area (Å²) < 4.78 is 5.56. The van der Waals surface area contributed by atoms with E-state index in [2.05, 4.69) is 10.6 Å². The standard InChI is InChI=1S/C25H27N3O3/c1-3-31-23-15-8-7-14-22(23)26-17-24(29)27-21-13-9-12-20(16-21)25(30)28(2)18-19-10-5-4-6-11-19/h4-16,26H,3,17-18H2,1-2H3,(H,27,29). The summed E-state index contributed by atoms with van der Waals surface area (Å²) in [5, 5.41) is 5.92. The molecule has 0 saturated heterocycles. The molecular weight excluding hydrogens is 390 g/mol. The summed E-state index contributed by atoms with van der Waals surface area (Å²) in [7, 11) is 1.76. The van der Waals surface area contributed by atoms with Crippen molar-refractivity contribution in [2.45, 2.75) is 13.5 Å². The monoisotopic (exact) mass is 417 g/mol. The second kappa shape index (κ2) is 10.8. The third-order valence-corrected chi connectivity index (χ3v) is 4.63. The first-order valence-electron chi connectivity index (χ1n) is 10.2. The van der Waals surface area contributed by atoms with Crippen molar-refractivity contribution >= 4 is 23.2 Å². The molecule has 0 bridgehead atoms. The van der Waals surface area contributed by atoms with Crippen LogP contribution >= 0.6 is 0 Å². The number of hydrogen-bond donors (Lipinski definition) is 2. The van der Waals surface area contributed by atoms with Crippen LogP contribution in [-0.2, 0) is 11.3 Å². The molecule has 0 atom stereocenters. The minimum absolute atomic E-state index is 0.0795. The van der Waals surface area contributed by atoms with Gasteiger partial charge in [0.05, 0.1) is 18.8 Å². The third kappa shape index (κ3) is 6.34. The first-order valence-corrected chi connectivity index (χ1v) is 10.2. The van der Waals surface area contributed by atoms with Gasteiger partial charge >= 0.3 is 0 Å². The van der Waals surface area contributed by atoms with Crippen molar-refractivity contribution in [1.29, 1.82) is 0 Å². The molecule has 3 aromatic carbocycles. The van der Waals surface area contributed by atoms with Crippen LogP contribution in [0.5, 0.6) is 5.75 Å². The summed E-state index contributed by atoms with van der Waals surface area (Å²) >= 11 is 0. The summed E-state index contributed by atoms with van der Waals surface area (Å²) in [6, 6.07) is 24.2. The van der Waals surface area contributed by atoms with Crippen molar-refractivity contribution in [2.24, 2.45) is 0 Å². The number of carbonyl (C=O) groups is 2. The lowest BCUT2D eigenvalue weighted by Crippen LogP contribution is -2.26. The Morgan fingerprint density at radius 2 is 1.68 bits per heavy atom. The molecule has 0 spiro atoms. The van der Waals surface area contributed by atoms with Gasteiger partial charge in [-0.3, -0.25) is 9.59 Å². The molecular formula is C25H27N3O3. The molecule has 2 amide bonds. The van der Waals surface area contributed by atoms with Gasteiger partial charge in [0.15, 0.2) is 0 Å². The Balaban J connectivity index is 1.58. The molecule has 0 aliphatic rings. The normalized spacial score (nSPS) is 10.3. The number of benzene rings is 3. The van der Waals surface area contributed by atoms with E-state index in [-0.39, 0.29) is 18.4 Å². The zero-order valence-electron chi connectivity index (χ0n) is 17.8. The summed E-state index contributed by atoms with van der Waals surface area (Å²) in [6.45, 7) is 3.05. The Morgan fingerprint density at radius 3 is 2.45 bits per heavy atom. The topological polar surface area (TPSA) is 70.7 Å². The molecule has 0 radical (unpaired) electrons. The lowest BCUT2D eigenvalue weighted by molar-refractivity contribution is -0.114. The Labute approximate surface area is 182 Å². The molecule has 0 aliphatic heterocycles. The van der Waals surface area contributed by atoms with Gasteiger partial charge in [0, 0.05) is 24.8 Å². The Bertz CT molecular complexity index is 1020. The summed E-state index contributed by atoms with van der Waals surface area (Å²) in [4.78, 5) is 26.8. The molecule has 3 aromatic rings. The number of nitrogens with zero attached hydrogens (tertiary/aromatic N) is 1. The largest absolute Gasteiger partial charge is 0.492 e. The number of ether oxygens (including phenoxy) is 1. The van der Waals surface area contributed by atoms with Gasteiger partial charge in [-0.1, -0.05) is 48.5 Å². The second-order valence-electron chi connectivity index (χ2n) is 7.06. The van der Waals surface area contributed by atoms with E-state index in [1.165, 1.54) is 0 Å². The van der Waals surface area contributed by atoms with Crippen LogP contribution < -0.4 is 15.4 Å². The van der Waals surface area contributed by atoms with Crippen LogP contribution in [0.1, 0.15) is 22.8 Å². The van der Waals surface area contributed by atoms with E-state index in [1.807, 2.05) is 61.5 Å². The molecule has 2 N–H and O–H groups in total. The van der Waals surface area contributed by atoms with Crippen molar-refractivity contribution in [3.8, 4) is 5.75 Å². The predicted molar refractivity (Wildman–Crippen MR) is 123 cm³/mol. The van der Waals surface area contributed by atoms with Crippen LogP contribution in [0.15, 0.2) is 78.9 Å². The summed E-state index contributed by atoms with van der Waals surface area (Å²) in [5.74, 6) is 0.379. The second-order valence-corrected chi connectivity index (χ2v) is 7.06. The van der Waals surface area contributed by atoms with Crippen LogP contribution in [-0.4, -0.2) is 36.9 Å². The fourth-order valence-corrected chi connectivity index (χ4v) is 3.15. The molecule has 0 saturated carbocycles. The van der Waals surface area contributed by atoms with E-state index in [1.54, 1.807) is 36.2 Å². The molecule has 0 unspecified atom stereocenters. The van der Waals surface area contributed by atoms with Crippen LogP contribution in [0.2, 0.25) is 0 Å². The average molecular weight is 418 g/mol. The first kappa shape index (κ1) is 21.9. The highest BCUT2D eigenvalue weighted by atomic mass is 16.5. The maximum Gasteiger partial charge on any atom is 0.253 e. The maximum absolute atomic E-state index is 12.8. The zero-order valence-corrected chi connectivity index (χ0v) is 17.8. The molecule has 0 aromatic heterocycles. The number of anilines is 2. The van der Waals surface area contributed by atoms with Gasteiger partial charge in [-0.2, -0.15) is 0 Å². The molecule has 0 aliphatic carbocycles. The quantitative estimate of drug-likeness (QED) is 0.541. The molecule has 3 rings (SSSR count). The molecule has 31 heavy (non-hydrogen) atoms. The average Bonchev–Trinajstić information content (AvgIpc) is 2.79. The van der Waals surface area contributed by atoms with Crippen LogP contribution in [0.25, 0.3) is 0 Å². The SMILES string of the molecule is CCOc1ccccc1NCC(=O)Nc1cccc(C(=O)N(C)Cc2ccccc2)c1. The van der Waals surface area contributed by atoms with Gasteiger partial charge < -0.3 is 20.3 Å². The van der Waals surface area contributed by atoms with Gasteiger partial charge in [0.25, 0.3) is 5.91 Å². The highest BCUT2D eigenvalue weighted by Gasteiger charge is 2.13. The lowest BCUT2D eigenvalue weighted by atomic mass is 10.1. The van der Waals surface area contributed by atoms with E-state index >= 15 is 0 Å².